The van der Waals surface area contributed by atoms with Crippen molar-refractivity contribution in [1.29, 1.82) is 0 Å². The zero-order chi connectivity index (χ0) is 27.7. The molecule has 2 heterocycles. The smallest absolute Gasteiger partial charge is 0.186 e. The molecule has 2 aliphatic heterocycles. The summed E-state index contributed by atoms with van der Waals surface area (Å²) in [5, 5.41) is 79.4. The Hall–Kier alpha value is -0.600. The maximum atomic E-state index is 10.6. The molecule has 37 heavy (non-hydrogen) atoms. The number of ether oxygens (including phenoxy) is 6. The fourth-order valence-electron chi connectivity index (χ4n) is 3.92. The lowest BCUT2D eigenvalue weighted by atomic mass is 9.99. The molecule has 0 bridgehead atoms. The number of aliphatic hydroxyl groups is 8. The van der Waals surface area contributed by atoms with Crippen LogP contribution in [-0.2, 0) is 28.4 Å². The number of rotatable bonds is 15. The van der Waals surface area contributed by atoms with E-state index < -0.39 is 99.7 Å². The Morgan fingerprint density at radius 1 is 1.00 bits per heavy atom. The van der Waals surface area contributed by atoms with Crippen molar-refractivity contribution in [3.8, 4) is 0 Å². The fourth-order valence-corrected chi connectivity index (χ4v) is 3.92. The van der Waals surface area contributed by atoms with Crippen molar-refractivity contribution in [2.75, 3.05) is 33.0 Å². The fraction of sp³-hybridized carbons (Fsp3) is 1.00. The van der Waals surface area contributed by atoms with Crippen LogP contribution in [0.15, 0.2) is 0 Å². The van der Waals surface area contributed by atoms with E-state index >= 15 is 0 Å². The Balaban J connectivity index is 1.97. The molecule has 0 saturated carbocycles. The summed E-state index contributed by atoms with van der Waals surface area (Å²) in [4.78, 5) is 0. The van der Waals surface area contributed by atoms with E-state index in [0.717, 1.165) is 0 Å². The summed E-state index contributed by atoms with van der Waals surface area (Å²) in [6.45, 7) is 1.88. The van der Waals surface area contributed by atoms with Crippen molar-refractivity contribution >= 4 is 0 Å². The molecule has 2 fully saturated rings. The third-order valence-electron chi connectivity index (χ3n) is 6.25. The second kappa shape index (κ2) is 15.9. The van der Waals surface area contributed by atoms with Crippen LogP contribution >= 0.6 is 0 Å². The topological polar surface area (TPSA) is 243 Å². The van der Waals surface area contributed by atoms with Gasteiger partial charge in [0.1, 0.15) is 48.8 Å². The lowest BCUT2D eigenvalue weighted by Crippen LogP contribution is -2.59. The Morgan fingerprint density at radius 3 is 2.30 bits per heavy atom. The molecule has 0 spiro atoms. The van der Waals surface area contributed by atoms with Gasteiger partial charge < -0.3 is 75.0 Å². The van der Waals surface area contributed by atoms with Gasteiger partial charge in [0.15, 0.2) is 18.9 Å². The van der Waals surface area contributed by atoms with E-state index in [1.807, 2.05) is 0 Å². The maximum Gasteiger partial charge on any atom is 0.186 e. The highest BCUT2D eigenvalue weighted by Gasteiger charge is 2.44. The van der Waals surface area contributed by atoms with Gasteiger partial charge in [-0.2, -0.15) is 0 Å². The van der Waals surface area contributed by atoms with Gasteiger partial charge >= 0.3 is 0 Å². The van der Waals surface area contributed by atoms with Gasteiger partial charge in [0.05, 0.1) is 38.6 Å². The predicted octanol–water partition coefficient (Wildman–Crippen LogP) is -4.51. The summed E-state index contributed by atoms with van der Waals surface area (Å²) >= 11 is 0. The number of hydrogen-bond donors (Lipinski definition) is 9. The molecule has 15 heteroatoms. The Kier molecular flexibility index (Phi) is 14.0. The van der Waals surface area contributed by atoms with Crippen molar-refractivity contribution in [3.63, 3.8) is 0 Å². The molecule has 4 unspecified atom stereocenters. The predicted molar refractivity (Wildman–Crippen MR) is 123 cm³/mol. The molecule has 2 aliphatic rings. The summed E-state index contributed by atoms with van der Waals surface area (Å²) in [5.41, 5.74) is 5.52. The second-order valence-corrected chi connectivity index (χ2v) is 9.24. The molecule has 10 N–H and O–H groups in total. The molecule has 2 saturated heterocycles. The van der Waals surface area contributed by atoms with Gasteiger partial charge in [0.25, 0.3) is 0 Å². The van der Waals surface area contributed by atoms with Crippen molar-refractivity contribution in [1.82, 2.24) is 0 Å². The van der Waals surface area contributed by atoms with E-state index in [1.54, 1.807) is 13.8 Å². The first-order chi connectivity index (χ1) is 17.5. The molecule has 220 valence electrons. The standard InChI is InChI=1S/C22H43NO14/c1-10-17(28)12(26)6-16(34-10)35-11(2)21(32-5-3-4-23)36-14(7-24)13(27)9-33-22-20(31)19(30)18(29)15(8-25)37-22/h10-22,24-31H,3-9,23H2,1-2H3/t10?,11-,12+,13+,14?,15?,16-,17+,18-,19-,20?,21+,22-/m0/s1. The van der Waals surface area contributed by atoms with E-state index in [2.05, 4.69) is 0 Å². The first kappa shape index (κ1) is 32.6. The van der Waals surface area contributed by atoms with E-state index in [-0.39, 0.29) is 13.0 Å². The van der Waals surface area contributed by atoms with Crippen molar-refractivity contribution < 1.29 is 69.3 Å². The van der Waals surface area contributed by atoms with Crippen molar-refractivity contribution in [2.45, 2.75) is 107 Å². The molecular formula is C22H43NO14. The summed E-state index contributed by atoms with van der Waals surface area (Å²) in [7, 11) is 0. The van der Waals surface area contributed by atoms with Crippen LogP contribution in [0.5, 0.6) is 0 Å². The van der Waals surface area contributed by atoms with Crippen LogP contribution in [0.1, 0.15) is 26.7 Å². The van der Waals surface area contributed by atoms with Gasteiger partial charge in [0.2, 0.25) is 0 Å². The molecule has 0 aromatic heterocycles. The first-order valence-corrected chi connectivity index (χ1v) is 12.4. The van der Waals surface area contributed by atoms with Gasteiger partial charge in [-0.3, -0.25) is 0 Å². The summed E-state index contributed by atoms with van der Waals surface area (Å²) in [6.07, 6.45) is -15.4. The lowest BCUT2D eigenvalue weighted by molar-refractivity contribution is -0.315. The normalized spacial score (nSPS) is 38.2. The average Bonchev–Trinajstić information content (AvgIpc) is 2.87. The van der Waals surface area contributed by atoms with Gasteiger partial charge in [0, 0.05) is 6.42 Å². The monoisotopic (exact) mass is 545 g/mol. The molecule has 0 radical (unpaired) electrons. The van der Waals surface area contributed by atoms with Crippen LogP contribution in [0.2, 0.25) is 0 Å². The van der Waals surface area contributed by atoms with E-state index in [0.29, 0.717) is 13.0 Å². The summed E-state index contributed by atoms with van der Waals surface area (Å²) < 4.78 is 33.4. The molecule has 15 nitrogen and oxygen atoms in total. The third kappa shape index (κ3) is 9.23. The molecule has 0 aromatic carbocycles. The van der Waals surface area contributed by atoms with Crippen LogP contribution in [0.25, 0.3) is 0 Å². The van der Waals surface area contributed by atoms with Crippen molar-refractivity contribution in [3.05, 3.63) is 0 Å². The summed E-state index contributed by atoms with van der Waals surface area (Å²) in [6, 6.07) is 0. The van der Waals surface area contributed by atoms with Crippen LogP contribution in [0.4, 0.5) is 0 Å². The average molecular weight is 546 g/mol. The van der Waals surface area contributed by atoms with E-state index in [4.69, 9.17) is 34.2 Å². The minimum Gasteiger partial charge on any atom is -0.394 e. The number of hydrogen-bond acceptors (Lipinski definition) is 15. The highest BCUT2D eigenvalue weighted by atomic mass is 16.7. The number of aliphatic hydroxyl groups excluding tert-OH is 8. The highest BCUT2D eigenvalue weighted by molar-refractivity contribution is 4.89. The zero-order valence-corrected chi connectivity index (χ0v) is 21.1. The summed E-state index contributed by atoms with van der Waals surface area (Å²) in [5.74, 6) is 0. The van der Waals surface area contributed by atoms with Crippen LogP contribution in [-0.4, -0.2) is 154 Å². The molecule has 2 rings (SSSR count). The van der Waals surface area contributed by atoms with Crippen LogP contribution < -0.4 is 5.73 Å². The third-order valence-corrected chi connectivity index (χ3v) is 6.25. The number of nitrogens with two attached hydrogens (primary N) is 1. The zero-order valence-electron chi connectivity index (χ0n) is 21.1. The quantitative estimate of drug-likeness (QED) is 0.0695. The molecule has 0 aromatic rings. The van der Waals surface area contributed by atoms with Crippen LogP contribution in [0.3, 0.4) is 0 Å². The van der Waals surface area contributed by atoms with Gasteiger partial charge in [-0.1, -0.05) is 0 Å². The highest BCUT2D eigenvalue weighted by Crippen LogP contribution is 2.25. The van der Waals surface area contributed by atoms with Gasteiger partial charge in [-0.05, 0) is 26.8 Å². The van der Waals surface area contributed by atoms with E-state index in [1.165, 1.54) is 0 Å². The molecular weight excluding hydrogens is 502 g/mol. The van der Waals surface area contributed by atoms with E-state index in [9.17, 15) is 40.9 Å². The largest absolute Gasteiger partial charge is 0.394 e. The minimum absolute atomic E-state index is 0.00432. The lowest BCUT2D eigenvalue weighted by Gasteiger charge is -2.40. The molecule has 13 atom stereocenters. The Morgan fingerprint density at radius 2 is 1.70 bits per heavy atom. The Labute approximate surface area is 215 Å². The molecule has 0 aliphatic carbocycles. The van der Waals surface area contributed by atoms with Crippen molar-refractivity contribution in [2.24, 2.45) is 5.73 Å². The van der Waals surface area contributed by atoms with Crippen LogP contribution in [0, 0.1) is 0 Å². The minimum atomic E-state index is -1.66. The van der Waals surface area contributed by atoms with Gasteiger partial charge in [-0.25, -0.2) is 0 Å². The maximum absolute atomic E-state index is 10.6. The SMILES string of the molecule is CC1O[C@@H](O[C@@H](C)[C@H](OCCCN)OC(CO)[C@H](O)CO[C@H]2OC(CO)[C@H](O)[C@H](O)C2O)C[C@@H](O)[C@@H]1O. The second-order valence-electron chi connectivity index (χ2n) is 9.24. The molecule has 0 amide bonds. The van der Waals surface area contributed by atoms with Gasteiger partial charge in [-0.15, -0.1) is 0 Å². The first-order valence-electron chi connectivity index (χ1n) is 12.4. The Bertz CT molecular complexity index is 620.